The minimum absolute atomic E-state index is 0.236. The average molecular weight is 396 g/mol. The molecule has 10 heteroatoms. The Balaban J connectivity index is 1.65. The Morgan fingerprint density at radius 3 is 2.39 bits per heavy atom. The highest BCUT2D eigenvalue weighted by Gasteiger charge is 2.31. The van der Waals surface area contributed by atoms with Crippen molar-refractivity contribution in [2.75, 3.05) is 50.9 Å². The third-order valence-electron chi connectivity index (χ3n) is 4.74. The van der Waals surface area contributed by atoms with E-state index < -0.39 is 11.7 Å². The van der Waals surface area contributed by atoms with Crippen LogP contribution >= 0.6 is 0 Å². The lowest BCUT2D eigenvalue weighted by molar-refractivity contribution is -0.137. The standard InChI is InChI=1S/C18H23F3N6O/c1-24(2)15-11-14(18(19,20)21)4-3-13(15)12-25-7-9-26(10-8-25)17(28)27-6-5-16(22)23-27/h3-6,11H,7-10,12H2,1-2H3,(H2,22,23). The van der Waals surface area contributed by atoms with Crippen LogP contribution in [0, 0.1) is 0 Å². The Bertz CT molecular complexity index is 840. The van der Waals surface area contributed by atoms with E-state index in [1.165, 1.54) is 23.0 Å². The van der Waals surface area contributed by atoms with Crippen LogP contribution in [0.5, 0.6) is 0 Å². The smallest absolute Gasteiger partial charge is 0.382 e. The van der Waals surface area contributed by atoms with Gasteiger partial charge in [0.15, 0.2) is 0 Å². The maximum Gasteiger partial charge on any atom is 0.416 e. The molecule has 2 N–H and O–H groups in total. The second-order valence-electron chi connectivity index (χ2n) is 6.97. The van der Waals surface area contributed by atoms with Gasteiger partial charge in [-0.3, -0.25) is 4.90 Å². The van der Waals surface area contributed by atoms with Crippen molar-refractivity contribution >= 4 is 17.5 Å². The Hall–Kier alpha value is -2.75. The van der Waals surface area contributed by atoms with E-state index in [1.54, 1.807) is 30.0 Å². The molecule has 0 unspecified atom stereocenters. The first-order valence-corrected chi connectivity index (χ1v) is 8.85. The molecule has 0 aliphatic carbocycles. The second kappa shape index (κ2) is 7.70. The van der Waals surface area contributed by atoms with Crippen LogP contribution in [0.15, 0.2) is 30.5 Å². The number of nitrogens with two attached hydrogens (primary N) is 1. The number of rotatable bonds is 3. The van der Waals surface area contributed by atoms with Crippen LogP contribution in [-0.4, -0.2) is 65.9 Å². The quantitative estimate of drug-likeness (QED) is 0.862. The van der Waals surface area contributed by atoms with E-state index >= 15 is 0 Å². The second-order valence-corrected chi connectivity index (χ2v) is 6.97. The van der Waals surface area contributed by atoms with Crippen molar-refractivity contribution < 1.29 is 18.0 Å². The number of piperazine rings is 1. The van der Waals surface area contributed by atoms with Gasteiger partial charge >= 0.3 is 12.2 Å². The van der Waals surface area contributed by atoms with Gasteiger partial charge in [0.05, 0.1) is 5.56 Å². The van der Waals surface area contributed by atoms with Crippen molar-refractivity contribution in [1.82, 2.24) is 19.6 Å². The largest absolute Gasteiger partial charge is 0.416 e. The minimum Gasteiger partial charge on any atom is -0.382 e. The number of halogens is 3. The summed E-state index contributed by atoms with van der Waals surface area (Å²) in [5, 5.41) is 3.92. The number of carbonyl (C=O) groups is 1. The molecule has 28 heavy (non-hydrogen) atoms. The van der Waals surface area contributed by atoms with Gasteiger partial charge in [-0.15, -0.1) is 5.10 Å². The molecular weight excluding hydrogens is 373 g/mol. The number of hydrogen-bond donors (Lipinski definition) is 1. The predicted molar refractivity (Wildman–Crippen MR) is 100 cm³/mol. The zero-order chi connectivity index (χ0) is 20.5. The van der Waals surface area contributed by atoms with Crippen LogP contribution in [0.4, 0.5) is 29.5 Å². The molecule has 0 spiro atoms. The molecule has 1 fully saturated rings. The number of nitrogen functional groups attached to an aromatic ring is 1. The molecule has 1 aliphatic rings. The fourth-order valence-corrected chi connectivity index (χ4v) is 3.22. The number of benzene rings is 1. The molecule has 1 aliphatic heterocycles. The summed E-state index contributed by atoms with van der Waals surface area (Å²) in [6.45, 7) is 2.78. The maximum atomic E-state index is 13.0. The zero-order valence-electron chi connectivity index (χ0n) is 15.8. The fourth-order valence-electron chi connectivity index (χ4n) is 3.22. The highest BCUT2D eigenvalue weighted by Crippen LogP contribution is 2.33. The number of carbonyl (C=O) groups excluding carboxylic acids is 1. The van der Waals surface area contributed by atoms with Crippen molar-refractivity contribution in [3.8, 4) is 0 Å². The SMILES string of the molecule is CN(C)c1cc(C(F)(F)F)ccc1CN1CCN(C(=O)n2ccc(N)n2)CC1. The lowest BCUT2D eigenvalue weighted by Crippen LogP contribution is -2.49. The summed E-state index contributed by atoms with van der Waals surface area (Å²) < 4.78 is 40.2. The molecule has 0 atom stereocenters. The first kappa shape index (κ1) is 20.0. The van der Waals surface area contributed by atoms with Gasteiger partial charge in [-0.25, -0.2) is 4.79 Å². The summed E-state index contributed by atoms with van der Waals surface area (Å²) >= 11 is 0. The third kappa shape index (κ3) is 4.38. The topological polar surface area (TPSA) is 70.6 Å². The maximum absolute atomic E-state index is 13.0. The van der Waals surface area contributed by atoms with Gasteiger partial charge in [0.2, 0.25) is 0 Å². The van der Waals surface area contributed by atoms with Crippen LogP contribution in [0.2, 0.25) is 0 Å². The Kier molecular flexibility index (Phi) is 5.50. The lowest BCUT2D eigenvalue weighted by atomic mass is 10.1. The van der Waals surface area contributed by atoms with Crippen molar-refractivity contribution in [3.63, 3.8) is 0 Å². The van der Waals surface area contributed by atoms with E-state index in [0.717, 1.165) is 11.6 Å². The van der Waals surface area contributed by atoms with E-state index in [4.69, 9.17) is 5.73 Å². The van der Waals surface area contributed by atoms with E-state index in [-0.39, 0.29) is 11.8 Å². The van der Waals surface area contributed by atoms with Gasteiger partial charge in [-0.2, -0.15) is 17.9 Å². The zero-order valence-corrected chi connectivity index (χ0v) is 15.8. The van der Waals surface area contributed by atoms with Gasteiger partial charge in [-0.1, -0.05) is 6.07 Å². The molecular formula is C18H23F3N6O. The van der Waals surface area contributed by atoms with Gasteiger partial charge in [0, 0.05) is 64.8 Å². The molecule has 152 valence electrons. The van der Waals surface area contributed by atoms with Crippen LogP contribution < -0.4 is 10.6 Å². The molecule has 7 nitrogen and oxygen atoms in total. The molecule has 1 amide bonds. The van der Waals surface area contributed by atoms with E-state index in [0.29, 0.717) is 38.4 Å². The Morgan fingerprint density at radius 1 is 1.18 bits per heavy atom. The van der Waals surface area contributed by atoms with Crippen molar-refractivity contribution in [1.29, 1.82) is 0 Å². The number of hydrogen-bond acceptors (Lipinski definition) is 5. The molecule has 1 aromatic carbocycles. The monoisotopic (exact) mass is 396 g/mol. The average Bonchev–Trinajstić information content (AvgIpc) is 3.07. The van der Waals surface area contributed by atoms with E-state index in [1.807, 2.05) is 0 Å². The van der Waals surface area contributed by atoms with Crippen LogP contribution in [-0.2, 0) is 12.7 Å². The highest BCUT2D eigenvalue weighted by atomic mass is 19.4. The first-order valence-electron chi connectivity index (χ1n) is 8.85. The van der Waals surface area contributed by atoms with Crippen molar-refractivity contribution in [3.05, 3.63) is 41.6 Å². The highest BCUT2D eigenvalue weighted by molar-refractivity contribution is 5.76. The number of amides is 1. The molecule has 0 saturated carbocycles. The van der Waals surface area contributed by atoms with Crippen molar-refractivity contribution in [2.45, 2.75) is 12.7 Å². The van der Waals surface area contributed by atoms with Crippen LogP contribution in [0.3, 0.4) is 0 Å². The number of aromatic nitrogens is 2. The molecule has 3 rings (SSSR count). The van der Waals surface area contributed by atoms with Gasteiger partial charge in [-0.05, 0) is 17.7 Å². The number of nitrogens with zero attached hydrogens (tertiary/aromatic N) is 5. The minimum atomic E-state index is -4.37. The van der Waals surface area contributed by atoms with Crippen molar-refractivity contribution in [2.24, 2.45) is 0 Å². The number of alkyl halides is 3. The van der Waals surface area contributed by atoms with Gasteiger partial charge < -0.3 is 15.5 Å². The van der Waals surface area contributed by atoms with E-state index in [9.17, 15) is 18.0 Å². The molecule has 2 heterocycles. The molecule has 0 bridgehead atoms. The van der Waals surface area contributed by atoms with Gasteiger partial charge in [0.25, 0.3) is 0 Å². The normalized spacial score (nSPS) is 15.7. The Morgan fingerprint density at radius 2 is 1.86 bits per heavy atom. The summed E-state index contributed by atoms with van der Waals surface area (Å²) in [5.41, 5.74) is 6.25. The molecule has 2 aromatic rings. The van der Waals surface area contributed by atoms with Crippen LogP contribution in [0.1, 0.15) is 11.1 Å². The number of anilines is 2. The Labute approximate surface area is 161 Å². The third-order valence-corrected chi connectivity index (χ3v) is 4.74. The summed E-state index contributed by atoms with van der Waals surface area (Å²) in [5.74, 6) is 0.283. The summed E-state index contributed by atoms with van der Waals surface area (Å²) in [6, 6.07) is 5.14. The first-order chi connectivity index (χ1) is 13.1. The molecule has 0 radical (unpaired) electrons. The molecule has 1 saturated heterocycles. The predicted octanol–water partition coefficient (Wildman–Crippen LogP) is 2.34. The fraction of sp³-hybridized carbons (Fsp3) is 0.444. The summed E-state index contributed by atoms with van der Waals surface area (Å²) in [7, 11) is 3.46. The molecule has 1 aromatic heterocycles. The van der Waals surface area contributed by atoms with Gasteiger partial charge in [0.1, 0.15) is 5.82 Å². The summed E-state index contributed by atoms with van der Waals surface area (Å²) in [4.78, 5) is 17.9. The van der Waals surface area contributed by atoms with E-state index in [2.05, 4.69) is 10.00 Å². The lowest BCUT2D eigenvalue weighted by Gasteiger charge is -2.35. The summed E-state index contributed by atoms with van der Waals surface area (Å²) in [6.07, 6.45) is -2.85. The van der Waals surface area contributed by atoms with Crippen LogP contribution in [0.25, 0.3) is 0 Å².